The predicted molar refractivity (Wildman–Crippen MR) is 162 cm³/mol. The molecule has 0 radical (unpaired) electrons. The molecule has 9 heteroatoms. The highest BCUT2D eigenvalue weighted by atomic mass is 32.2. The van der Waals surface area contributed by atoms with Gasteiger partial charge in [-0.15, -0.1) is 0 Å². The number of amidine groups is 1. The lowest BCUT2D eigenvalue weighted by atomic mass is 10.1. The molecule has 1 unspecified atom stereocenters. The first kappa shape index (κ1) is 28.2. The Kier molecular flexibility index (Phi) is 9.44. The van der Waals surface area contributed by atoms with Crippen molar-refractivity contribution in [3.63, 3.8) is 0 Å². The largest absolute Gasteiger partial charge is 0.494 e. The van der Waals surface area contributed by atoms with Crippen LogP contribution in [0.1, 0.15) is 51.5 Å². The van der Waals surface area contributed by atoms with Crippen LogP contribution in [-0.4, -0.2) is 61.2 Å². The summed E-state index contributed by atoms with van der Waals surface area (Å²) in [5.74, 6) is 0.537. The van der Waals surface area contributed by atoms with E-state index in [2.05, 4.69) is 22.3 Å². The number of nitrogens with one attached hydrogen (secondary N) is 1. The first-order chi connectivity index (χ1) is 19.6. The maximum absolute atomic E-state index is 13.7. The molecule has 0 spiro atoms. The summed E-state index contributed by atoms with van der Waals surface area (Å²) >= 11 is 1.35. The monoisotopic (exact) mass is 562 g/mol. The molecule has 5 rings (SSSR count). The van der Waals surface area contributed by atoms with Crippen LogP contribution in [-0.2, 0) is 14.3 Å². The van der Waals surface area contributed by atoms with Gasteiger partial charge in [-0.25, -0.2) is 4.99 Å². The van der Waals surface area contributed by atoms with Gasteiger partial charge < -0.3 is 19.7 Å². The first-order valence-corrected chi connectivity index (χ1v) is 15.2. The van der Waals surface area contributed by atoms with Gasteiger partial charge in [0, 0.05) is 24.8 Å². The molecule has 1 atom stereocenters. The highest BCUT2D eigenvalue weighted by Gasteiger charge is 2.35. The Hall–Kier alpha value is -3.30. The van der Waals surface area contributed by atoms with Crippen LogP contribution in [0, 0.1) is 0 Å². The Bertz CT molecular complexity index is 1230. The van der Waals surface area contributed by atoms with E-state index < -0.39 is 0 Å². The minimum Gasteiger partial charge on any atom is -0.494 e. The van der Waals surface area contributed by atoms with Crippen LogP contribution >= 0.6 is 11.8 Å². The second-order valence-electron chi connectivity index (χ2n) is 10.2. The molecule has 212 valence electrons. The molecule has 40 heavy (non-hydrogen) atoms. The van der Waals surface area contributed by atoms with E-state index in [1.807, 2.05) is 56.3 Å². The molecule has 1 saturated carbocycles. The van der Waals surface area contributed by atoms with Crippen LogP contribution in [0.15, 0.2) is 59.2 Å². The van der Waals surface area contributed by atoms with Gasteiger partial charge >= 0.3 is 0 Å². The van der Waals surface area contributed by atoms with Crippen LogP contribution < -0.4 is 19.9 Å². The van der Waals surface area contributed by atoms with E-state index in [0.717, 1.165) is 69.0 Å². The van der Waals surface area contributed by atoms with E-state index in [4.69, 9.17) is 14.5 Å². The number of benzene rings is 2. The average molecular weight is 563 g/mol. The summed E-state index contributed by atoms with van der Waals surface area (Å²) in [6, 6.07) is 15.8. The van der Waals surface area contributed by atoms with Crippen molar-refractivity contribution in [3.8, 4) is 5.75 Å². The van der Waals surface area contributed by atoms with Crippen molar-refractivity contribution in [1.29, 1.82) is 0 Å². The molecule has 8 nitrogen and oxygen atoms in total. The molecule has 1 N–H and O–H groups in total. The number of anilines is 2. The Balaban J connectivity index is 1.39. The molecule has 2 fully saturated rings. The number of morpholine rings is 1. The summed E-state index contributed by atoms with van der Waals surface area (Å²) in [4.78, 5) is 35.6. The van der Waals surface area contributed by atoms with Gasteiger partial charge in [0.2, 0.25) is 5.91 Å². The summed E-state index contributed by atoms with van der Waals surface area (Å²) in [5, 5.41) is 3.38. The lowest BCUT2D eigenvalue weighted by Crippen LogP contribution is -2.40. The predicted octanol–water partition coefficient (Wildman–Crippen LogP) is 5.24. The fourth-order valence-electron chi connectivity index (χ4n) is 5.24. The lowest BCUT2D eigenvalue weighted by molar-refractivity contribution is -0.121. The average Bonchev–Trinajstić information content (AvgIpc) is 3.60. The number of ether oxygens (including phenoxy) is 2. The number of hydrogen-bond donors (Lipinski definition) is 1. The van der Waals surface area contributed by atoms with Gasteiger partial charge in [0.05, 0.1) is 30.8 Å². The molecule has 3 aliphatic rings. The number of amides is 2. The van der Waals surface area contributed by atoms with Crippen molar-refractivity contribution in [2.45, 2.75) is 57.2 Å². The number of carbonyl (C=O) groups is 2. The van der Waals surface area contributed by atoms with Crippen molar-refractivity contribution < 1.29 is 19.1 Å². The summed E-state index contributed by atoms with van der Waals surface area (Å²) in [7, 11) is 0. The topological polar surface area (TPSA) is 83.5 Å². The number of aliphatic imine (C=N–C) groups is 1. The molecule has 1 saturated heterocycles. The molecule has 2 aromatic rings. The Labute approximate surface area is 240 Å². The van der Waals surface area contributed by atoms with Gasteiger partial charge in [0.1, 0.15) is 11.4 Å². The van der Waals surface area contributed by atoms with Crippen molar-refractivity contribution in [2.24, 2.45) is 4.99 Å². The van der Waals surface area contributed by atoms with Crippen LogP contribution in [0.25, 0.3) is 6.08 Å². The van der Waals surface area contributed by atoms with Gasteiger partial charge in [-0.3, -0.25) is 14.5 Å². The smallest absolute Gasteiger partial charge is 0.283 e. The van der Waals surface area contributed by atoms with E-state index in [1.54, 1.807) is 4.90 Å². The minimum absolute atomic E-state index is 0.0114. The third-order valence-electron chi connectivity index (χ3n) is 7.42. The van der Waals surface area contributed by atoms with E-state index in [9.17, 15) is 9.59 Å². The highest BCUT2D eigenvalue weighted by Crippen LogP contribution is 2.33. The molecule has 2 aromatic carbocycles. The van der Waals surface area contributed by atoms with E-state index in [1.165, 1.54) is 11.8 Å². The fourth-order valence-corrected chi connectivity index (χ4v) is 6.28. The van der Waals surface area contributed by atoms with Gasteiger partial charge in [-0.1, -0.05) is 43.7 Å². The maximum Gasteiger partial charge on any atom is 0.283 e. The van der Waals surface area contributed by atoms with E-state index in [-0.39, 0.29) is 23.1 Å². The molecular weight excluding hydrogens is 524 g/mol. The summed E-state index contributed by atoms with van der Waals surface area (Å²) in [6.45, 7) is 7.70. The highest BCUT2D eigenvalue weighted by molar-refractivity contribution is 8.15. The summed E-state index contributed by atoms with van der Waals surface area (Å²) < 4.78 is 11.1. The summed E-state index contributed by atoms with van der Waals surface area (Å²) in [6.07, 6.45) is 6.83. The van der Waals surface area contributed by atoms with Gasteiger partial charge in [0.15, 0.2) is 5.17 Å². The van der Waals surface area contributed by atoms with Gasteiger partial charge in [-0.2, -0.15) is 0 Å². The van der Waals surface area contributed by atoms with Gasteiger partial charge in [-0.05, 0) is 74.2 Å². The SMILES string of the molecule is CCOc1ccc(N2C(=O)C(=Cc3ccc(N4CCOCC4)cc3)N=C2SC(CC)C(=O)NC2CCCC2)cc1. The van der Waals surface area contributed by atoms with E-state index >= 15 is 0 Å². The van der Waals surface area contributed by atoms with Crippen molar-refractivity contribution in [3.05, 3.63) is 59.8 Å². The summed E-state index contributed by atoms with van der Waals surface area (Å²) in [5.41, 5.74) is 3.07. The molecule has 0 aromatic heterocycles. The maximum atomic E-state index is 13.7. The number of thioether (sulfide) groups is 1. The Morgan fingerprint density at radius 2 is 1.75 bits per heavy atom. The second kappa shape index (κ2) is 13.4. The fraction of sp³-hybridized carbons (Fsp3) is 0.452. The molecule has 2 amide bonds. The third kappa shape index (κ3) is 6.70. The number of hydrogen-bond acceptors (Lipinski definition) is 7. The van der Waals surface area contributed by atoms with Crippen LogP contribution in [0.5, 0.6) is 5.75 Å². The second-order valence-corrected chi connectivity index (χ2v) is 11.4. The molecular formula is C31H38N4O4S. The first-order valence-electron chi connectivity index (χ1n) is 14.3. The van der Waals surface area contributed by atoms with Crippen molar-refractivity contribution in [1.82, 2.24) is 5.32 Å². The lowest BCUT2D eigenvalue weighted by Gasteiger charge is -2.28. The van der Waals surface area contributed by atoms with Crippen LogP contribution in [0.2, 0.25) is 0 Å². The molecule has 0 bridgehead atoms. The van der Waals surface area contributed by atoms with Crippen molar-refractivity contribution in [2.75, 3.05) is 42.7 Å². The minimum atomic E-state index is -0.343. The quantitative estimate of drug-likeness (QED) is 0.421. The standard InChI is InChI=1S/C31H38N4O4S/c1-3-28(29(36)32-23-7-5-6-8-23)40-31-33-27(30(37)35(31)25-13-15-26(16-14-25)39-4-2)21-22-9-11-24(12-10-22)34-17-19-38-20-18-34/h9-16,21,23,28H,3-8,17-20H2,1-2H3,(H,32,36). The molecule has 1 aliphatic carbocycles. The third-order valence-corrected chi connectivity index (χ3v) is 8.74. The number of rotatable bonds is 9. The van der Waals surface area contributed by atoms with Gasteiger partial charge in [0.25, 0.3) is 5.91 Å². The Morgan fingerprint density at radius 3 is 2.40 bits per heavy atom. The molecule has 2 aliphatic heterocycles. The number of nitrogens with zero attached hydrogens (tertiary/aromatic N) is 3. The zero-order valence-electron chi connectivity index (χ0n) is 23.3. The Morgan fingerprint density at radius 1 is 1.07 bits per heavy atom. The molecule has 2 heterocycles. The van der Waals surface area contributed by atoms with Crippen LogP contribution in [0.4, 0.5) is 11.4 Å². The van der Waals surface area contributed by atoms with Crippen molar-refractivity contribution >= 4 is 46.2 Å². The van der Waals surface area contributed by atoms with E-state index in [0.29, 0.717) is 29.6 Å². The number of carbonyl (C=O) groups excluding carboxylic acids is 2. The normalized spacial score (nSPS) is 19.7. The zero-order chi connectivity index (χ0) is 27.9. The zero-order valence-corrected chi connectivity index (χ0v) is 24.1. The van der Waals surface area contributed by atoms with Crippen LogP contribution in [0.3, 0.4) is 0 Å².